The van der Waals surface area contributed by atoms with Crippen molar-refractivity contribution in [3.8, 4) is 0 Å². The van der Waals surface area contributed by atoms with E-state index in [1.165, 1.54) is 6.42 Å². The summed E-state index contributed by atoms with van der Waals surface area (Å²) in [6.07, 6.45) is 3.68. The zero-order chi connectivity index (χ0) is 17.7. The second-order valence-corrected chi connectivity index (χ2v) is 7.25. The van der Waals surface area contributed by atoms with Crippen molar-refractivity contribution >= 4 is 35.1 Å². The van der Waals surface area contributed by atoms with E-state index in [-0.39, 0.29) is 18.4 Å². The monoisotopic (exact) mass is 371 g/mol. The molecule has 0 heterocycles. The zero-order valence-corrected chi connectivity index (χ0v) is 15.5. The van der Waals surface area contributed by atoms with Gasteiger partial charge in [0.1, 0.15) is 0 Å². The molecule has 132 valence electrons. The Labute approximate surface area is 152 Å². The van der Waals surface area contributed by atoms with E-state index in [0.29, 0.717) is 21.5 Å². The first kappa shape index (κ1) is 19.1. The number of benzene rings is 1. The van der Waals surface area contributed by atoms with Crippen molar-refractivity contribution in [1.29, 1.82) is 0 Å². The molecule has 1 aliphatic rings. The molecule has 1 amide bonds. The van der Waals surface area contributed by atoms with Crippen LogP contribution in [0.15, 0.2) is 18.2 Å². The summed E-state index contributed by atoms with van der Waals surface area (Å²) in [6, 6.07) is 5.14. The van der Waals surface area contributed by atoms with Crippen LogP contribution in [-0.2, 0) is 20.7 Å². The highest BCUT2D eigenvalue weighted by atomic mass is 35.5. The third-order valence-electron chi connectivity index (χ3n) is 4.45. The van der Waals surface area contributed by atoms with E-state index in [1.807, 2.05) is 0 Å². The predicted octanol–water partition coefficient (Wildman–Crippen LogP) is 4.16. The third-order valence-corrected chi connectivity index (χ3v) is 5.19. The lowest BCUT2D eigenvalue weighted by Gasteiger charge is -2.30. The first-order chi connectivity index (χ1) is 11.4. The van der Waals surface area contributed by atoms with Gasteiger partial charge in [0.15, 0.2) is 6.10 Å². The molecule has 1 aliphatic carbocycles. The van der Waals surface area contributed by atoms with Gasteiger partial charge in [-0.3, -0.25) is 9.59 Å². The number of rotatable bonds is 5. The van der Waals surface area contributed by atoms with E-state index in [1.54, 1.807) is 25.1 Å². The minimum Gasteiger partial charge on any atom is -0.452 e. The van der Waals surface area contributed by atoms with Gasteiger partial charge in [0.05, 0.1) is 16.5 Å². The van der Waals surface area contributed by atoms with Crippen molar-refractivity contribution in [3.05, 3.63) is 33.8 Å². The number of amides is 1. The topological polar surface area (TPSA) is 55.4 Å². The molecular weight excluding hydrogens is 349 g/mol. The smallest absolute Gasteiger partial charge is 0.311 e. The van der Waals surface area contributed by atoms with Gasteiger partial charge in [-0.25, -0.2) is 0 Å². The zero-order valence-electron chi connectivity index (χ0n) is 14.0. The number of hydrogen-bond donors (Lipinski definition) is 1. The van der Waals surface area contributed by atoms with Crippen molar-refractivity contribution in [1.82, 2.24) is 5.32 Å². The van der Waals surface area contributed by atoms with Crippen LogP contribution < -0.4 is 5.32 Å². The van der Waals surface area contributed by atoms with Crippen LogP contribution >= 0.6 is 23.2 Å². The van der Waals surface area contributed by atoms with E-state index in [2.05, 4.69) is 12.2 Å². The Morgan fingerprint density at radius 3 is 2.62 bits per heavy atom. The quantitative estimate of drug-likeness (QED) is 0.790. The standard InChI is InChI=1S/C18H23Cl2NO3/c1-11-5-3-4-6-16(11)21-18(23)12(2)24-17(22)10-13-7-8-14(19)15(20)9-13/h7-9,11-12,16H,3-6,10H2,1-2H3,(H,21,23)/t11-,12-,16-/m1/s1. The van der Waals surface area contributed by atoms with Gasteiger partial charge in [-0.05, 0) is 43.4 Å². The Morgan fingerprint density at radius 1 is 1.25 bits per heavy atom. The van der Waals surface area contributed by atoms with Gasteiger partial charge in [0.25, 0.3) is 5.91 Å². The van der Waals surface area contributed by atoms with Gasteiger partial charge in [-0.2, -0.15) is 0 Å². The summed E-state index contributed by atoms with van der Waals surface area (Å²) in [5, 5.41) is 3.82. The maximum Gasteiger partial charge on any atom is 0.311 e. The minimum absolute atomic E-state index is 0.0499. The third kappa shape index (κ3) is 5.38. The van der Waals surface area contributed by atoms with Crippen molar-refractivity contribution in [2.24, 2.45) is 5.92 Å². The average molecular weight is 372 g/mol. The summed E-state index contributed by atoms with van der Waals surface area (Å²) < 4.78 is 5.24. The number of halogens is 2. The molecule has 4 nitrogen and oxygen atoms in total. The number of nitrogens with one attached hydrogen (secondary N) is 1. The van der Waals surface area contributed by atoms with E-state index >= 15 is 0 Å². The molecule has 0 aliphatic heterocycles. The van der Waals surface area contributed by atoms with Crippen LogP contribution in [0.25, 0.3) is 0 Å². The van der Waals surface area contributed by atoms with Crippen LogP contribution in [-0.4, -0.2) is 24.0 Å². The molecule has 24 heavy (non-hydrogen) atoms. The molecule has 0 unspecified atom stereocenters. The van der Waals surface area contributed by atoms with Gasteiger partial charge < -0.3 is 10.1 Å². The van der Waals surface area contributed by atoms with Crippen LogP contribution in [0.3, 0.4) is 0 Å². The lowest BCUT2D eigenvalue weighted by Crippen LogP contribution is -2.46. The Balaban J connectivity index is 1.83. The molecule has 2 rings (SSSR count). The molecule has 3 atom stereocenters. The maximum absolute atomic E-state index is 12.2. The summed E-state index contributed by atoms with van der Waals surface area (Å²) in [7, 11) is 0. The van der Waals surface area contributed by atoms with Crippen molar-refractivity contribution in [3.63, 3.8) is 0 Å². The first-order valence-corrected chi connectivity index (χ1v) is 9.06. The Hall–Kier alpha value is -1.26. The van der Waals surface area contributed by atoms with E-state index in [4.69, 9.17) is 27.9 Å². The van der Waals surface area contributed by atoms with Crippen LogP contribution in [0.1, 0.15) is 45.1 Å². The number of esters is 1. The second kappa shape index (κ2) is 8.72. The van der Waals surface area contributed by atoms with Crippen molar-refractivity contribution in [2.45, 2.75) is 58.1 Å². The summed E-state index contributed by atoms with van der Waals surface area (Å²) in [6.45, 7) is 3.74. The largest absolute Gasteiger partial charge is 0.452 e. The van der Waals surface area contributed by atoms with Crippen LogP contribution in [0.5, 0.6) is 0 Å². The van der Waals surface area contributed by atoms with Gasteiger partial charge in [0, 0.05) is 6.04 Å². The number of ether oxygens (including phenoxy) is 1. The minimum atomic E-state index is -0.811. The maximum atomic E-state index is 12.2. The highest BCUT2D eigenvalue weighted by Crippen LogP contribution is 2.24. The highest BCUT2D eigenvalue weighted by Gasteiger charge is 2.26. The molecule has 1 aromatic carbocycles. The normalized spacial score (nSPS) is 21.8. The van der Waals surface area contributed by atoms with Crippen molar-refractivity contribution < 1.29 is 14.3 Å². The van der Waals surface area contributed by atoms with E-state index in [9.17, 15) is 9.59 Å². The molecule has 0 spiro atoms. The lowest BCUT2D eigenvalue weighted by atomic mass is 9.86. The second-order valence-electron chi connectivity index (χ2n) is 6.43. The molecule has 0 saturated heterocycles. The highest BCUT2D eigenvalue weighted by molar-refractivity contribution is 6.42. The lowest BCUT2D eigenvalue weighted by molar-refractivity contribution is -0.154. The Kier molecular flexibility index (Phi) is 6.93. The summed E-state index contributed by atoms with van der Waals surface area (Å²) in [4.78, 5) is 24.2. The average Bonchev–Trinajstić information content (AvgIpc) is 2.53. The first-order valence-electron chi connectivity index (χ1n) is 8.30. The summed E-state index contributed by atoms with van der Waals surface area (Å²) in [5.41, 5.74) is 0.697. The molecule has 1 fully saturated rings. The van der Waals surface area contributed by atoms with Gasteiger partial charge in [0.2, 0.25) is 0 Å². The molecule has 1 N–H and O–H groups in total. The Bertz CT molecular complexity index is 606. The fourth-order valence-electron chi connectivity index (χ4n) is 2.94. The van der Waals surface area contributed by atoms with Crippen molar-refractivity contribution in [2.75, 3.05) is 0 Å². The molecule has 6 heteroatoms. The van der Waals surface area contributed by atoms with E-state index in [0.717, 1.165) is 19.3 Å². The number of hydrogen-bond acceptors (Lipinski definition) is 3. The fraction of sp³-hybridized carbons (Fsp3) is 0.556. The summed E-state index contributed by atoms with van der Waals surface area (Å²) >= 11 is 11.8. The Morgan fingerprint density at radius 2 is 1.96 bits per heavy atom. The van der Waals surface area contributed by atoms with Crippen LogP contribution in [0.4, 0.5) is 0 Å². The van der Waals surface area contributed by atoms with Crippen LogP contribution in [0, 0.1) is 5.92 Å². The SMILES string of the molecule is C[C@@H]1CCCC[C@H]1NC(=O)[C@@H](C)OC(=O)Cc1ccc(Cl)c(Cl)c1. The van der Waals surface area contributed by atoms with Gasteiger partial charge in [-0.1, -0.05) is 49.0 Å². The summed E-state index contributed by atoms with van der Waals surface area (Å²) in [5.74, 6) is -0.245. The number of carbonyl (C=O) groups is 2. The molecule has 1 saturated carbocycles. The molecule has 0 radical (unpaired) electrons. The van der Waals surface area contributed by atoms with E-state index < -0.39 is 12.1 Å². The van der Waals surface area contributed by atoms with Gasteiger partial charge >= 0.3 is 5.97 Å². The fourth-order valence-corrected chi connectivity index (χ4v) is 3.26. The molecule has 0 aromatic heterocycles. The molecule has 1 aromatic rings. The predicted molar refractivity (Wildman–Crippen MR) is 95.3 cm³/mol. The number of carbonyl (C=O) groups excluding carboxylic acids is 2. The van der Waals surface area contributed by atoms with Gasteiger partial charge in [-0.15, -0.1) is 0 Å². The van der Waals surface area contributed by atoms with Crippen LogP contribution in [0.2, 0.25) is 10.0 Å². The molecule has 0 bridgehead atoms. The molecular formula is C18H23Cl2NO3.